The van der Waals surface area contributed by atoms with Crippen LogP contribution in [0.3, 0.4) is 0 Å². The lowest BCUT2D eigenvalue weighted by Crippen LogP contribution is -2.36. The summed E-state index contributed by atoms with van der Waals surface area (Å²) in [7, 11) is 0. The normalized spacial score (nSPS) is 26.0. The Morgan fingerprint density at radius 1 is 0.880 bits per heavy atom. The van der Waals surface area contributed by atoms with Crippen molar-refractivity contribution in [2.45, 2.75) is 119 Å². The third-order valence-corrected chi connectivity index (χ3v) is 10.4. The number of amides is 2. The molecule has 0 saturated carbocycles. The van der Waals surface area contributed by atoms with Gasteiger partial charge in [0.1, 0.15) is 29.8 Å². The zero-order valence-electron chi connectivity index (χ0n) is 29.0. The third-order valence-electron chi connectivity index (χ3n) is 8.89. The van der Waals surface area contributed by atoms with Crippen LogP contribution in [0.4, 0.5) is 4.79 Å². The van der Waals surface area contributed by atoms with Gasteiger partial charge in [0, 0.05) is 43.6 Å². The number of nitrogens with zero attached hydrogens (tertiary/aromatic N) is 3. The minimum Gasteiger partial charge on any atom is -0.394 e. The Labute approximate surface area is 298 Å². The van der Waals surface area contributed by atoms with Gasteiger partial charge in [-0.1, -0.05) is 24.5 Å². The van der Waals surface area contributed by atoms with Gasteiger partial charge >= 0.3 is 6.03 Å². The Morgan fingerprint density at radius 2 is 1.60 bits per heavy atom. The van der Waals surface area contributed by atoms with Crippen molar-refractivity contribution in [3.05, 3.63) is 11.9 Å². The van der Waals surface area contributed by atoms with Crippen LogP contribution in [0.5, 0.6) is 0 Å². The van der Waals surface area contributed by atoms with Gasteiger partial charge in [-0.3, -0.25) is 9.48 Å². The Kier molecular flexibility index (Phi) is 19.3. The fourth-order valence-electron chi connectivity index (χ4n) is 6.09. The average molecular weight is 732 g/mol. The Bertz CT molecular complexity index is 1100. The molecule has 3 aliphatic heterocycles. The maximum absolute atomic E-state index is 12.2. The summed E-state index contributed by atoms with van der Waals surface area (Å²) < 4.78 is 34.9. The summed E-state index contributed by atoms with van der Waals surface area (Å²) in [5.41, 5.74) is 0.761. The van der Waals surface area contributed by atoms with Gasteiger partial charge in [-0.15, -0.1) is 5.10 Å². The largest absolute Gasteiger partial charge is 0.394 e. The van der Waals surface area contributed by atoms with E-state index in [0.717, 1.165) is 69.4 Å². The van der Waals surface area contributed by atoms with Gasteiger partial charge in [-0.05, 0) is 32.1 Å². The number of rotatable bonds is 29. The summed E-state index contributed by atoms with van der Waals surface area (Å²) in [5, 5.41) is 43.5. The number of hydrogen-bond donors (Lipinski definition) is 5. The molecule has 50 heavy (non-hydrogen) atoms. The molecule has 1 aromatic heterocycles. The lowest BCUT2D eigenvalue weighted by Gasteiger charge is -2.16. The van der Waals surface area contributed by atoms with Crippen molar-refractivity contribution in [3.8, 4) is 0 Å². The van der Waals surface area contributed by atoms with Crippen molar-refractivity contribution in [1.29, 1.82) is 0 Å². The number of ether oxygens (including phenoxy) is 6. The van der Waals surface area contributed by atoms with E-state index in [0.29, 0.717) is 77.6 Å². The number of urea groups is 1. The maximum Gasteiger partial charge on any atom is 0.315 e. The van der Waals surface area contributed by atoms with Crippen LogP contribution in [0.25, 0.3) is 0 Å². The fraction of sp³-hybridized carbons (Fsp3) is 0.879. The molecule has 286 valence electrons. The van der Waals surface area contributed by atoms with Crippen LogP contribution >= 0.6 is 11.8 Å². The smallest absolute Gasteiger partial charge is 0.315 e. The summed E-state index contributed by atoms with van der Waals surface area (Å²) in [5.74, 6) is 1.25. The predicted octanol–water partition coefficient (Wildman–Crippen LogP) is 0.936. The number of nitrogens with one attached hydrogen (secondary N) is 2. The van der Waals surface area contributed by atoms with E-state index in [4.69, 9.17) is 33.5 Å². The van der Waals surface area contributed by atoms with Crippen LogP contribution in [0.15, 0.2) is 6.20 Å². The van der Waals surface area contributed by atoms with Crippen LogP contribution in [-0.4, -0.2) is 149 Å². The van der Waals surface area contributed by atoms with Crippen LogP contribution < -0.4 is 10.6 Å². The van der Waals surface area contributed by atoms with Gasteiger partial charge in [0.2, 0.25) is 0 Å². The van der Waals surface area contributed by atoms with E-state index in [1.54, 1.807) is 4.68 Å². The molecule has 7 atom stereocenters. The summed E-state index contributed by atoms with van der Waals surface area (Å²) in [6, 6.07) is 0.430. The van der Waals surface area contributed by atoms with E-state index >= 15 is 0 Å². The highest BCUT2D eigenvalue weighted by Crippen LogP contribution is 2.33. The lowest BCUT2D eigenvalue weighted by atomic mass is 10.0. The SMILES string of the molecule is O=C(CCCC[C@@H]1SC[C@@H]2NC(=O)N[C@@H]21)CCCOCCOCCOCCOCc1cn(CCCCCCO[C@@H]2O[C@H](CO)C(O)[C@@H]2O)nn1. The number of carbonyl (C=O) groups excluding carboxylic acids is 2. The molecule has 4 heterocycles. The number of Topliss-reactive ketones (excluding diaryl/α,β-unsaturated/α-hetero) is 1. The second kappa shape index (κ2) is 23.6. The third kappa shape index (κ3) is 14.6. The zero-order valence-corrected chi connectivity index (χ0v) is 29.8. The first kappa shape index (κ1) is 40.8. The molecule has 0 radical (unpaired) electrons. The van der Waals surface area contributed by atoms with Gasteiger partial charge in [-0.25, -0.2) is 4.79 Å². The average Bonchev–Trinajstić information content (AvgIpc) is 3.88. The second-order valence-electron chi connectivity index (χ2n) is 12.9. The topological polar surface area (TPSA) is 205 Å². The van der Waals surface area contributed by atoms with Crippen LogP contribution in [0.2, 0.25) is 0 Å². The molecule has 0 aliphatic carbocycles. The standard InChI is InChI=1S/C33H57N5O11S/c39-21-27-30(41)31(42)32(49-27)48-13-6-2-1-5-11-38-20-24(36-37-38)22-47-19-18-46-17-16-45-15-14-44-12-7-9-25(40)8-3-4-10-28-29-26(23-50-28)34-33(43)35-29/h20,26-32,39,41-42H,1-19,21-23H2,(H2,34,35,43)/t26-,27+,28-,29-,30?,31-,32+/m0/s1. The van der Waals surface area contributed by atoms with Crippen molar-refractivity contribution < 1.29 is 53.3 Å². The minimum absolute atomic E-state index is 0.0551. The van der Waals surface area contributed by atoms with Gasteiger partial charge in [0.05, 0.1) is 71.1 Å². The molecule has 1 aromatic rings. The number of thioether (sulfide) groups is 1. The molecule has 3 fully saturated rings. The number of ketones is 1. The Hall–Kier alpha value is -1.93. The molecule has 3 saturated heterocycles. The number of aliphatic hydroxyl groups is 3. The summed E-state index contributed by atoms with van der Waals surface area (Å²) in [4.78, 5) is 23.6. The number of hydrogen-bond acceptors (Lipinski definition) is 14. The van der Waals surface area contributed by atoms with Crippen LogP contribution in [0, 0.1) is 0 Å². The van der Waals surface area contributed by atoms with Crippen molar-refractivity contribution in [1.82, 2.24) is 25.6 Å². The van der Waals surface area contributed by atoms with Crippen LogP contribution in [0.1, 0.15) is 69.9 Å². The number of aromatic nitrogens is 3. The highest BCUT2D eigenvalue weighted by Gasteiger charge is 2.43. The van der Waals surface area contributed by atoms with E-state index in [1.165, 1.54) is 0 Å². The molecule has 4 rings (SSSR count). The maximum atomic E-state index is 12.2. The number of aliphatic hydroxyl groups excluding tert-OH is 3. The van der Waals surface area contributed by atoms with E-state index in [-0.39, 0.29) is 30.5 Å². The van der Waals surface area contributed by atoms with Crippen LogP contribution in [-0.2, 0) is 46.4 Å². The zero-order chi connectivity index (χ0) is 35.4. The van der Waals surface area contributed by atoms with E-state index in [2.05, 4.69) is 20.9 Å². The predicted molar refractivity (Wildman–Crippen MR) is 183 cm³/mol. The number of carbonyl (C=O) groups is 2. The molecular weight excluding hydrogens is 674 g/mol. The number of aryl methyl sites for hydroxylation is 1. The Balaban J connectivity index is 0.844. The highest BCUT2D eigenvalue weighted by atomic mass is 32.2. The first-order valence-electron chi connectivity index (χ1n) is 18.1. The quantitative estimate of drug-likeness (QED) is 0.0575. The summed E-state index contributed by atoms with van der Waals surface area (Å²) in [6.07, 6.45) is 6.34. The summed E-state index contributed by atoms with van der Waals surface area (Å²) in [6.45, 7) is 4.51. The number of unbranched alkanes of at least 4 members (excludes halogenated alkanes) is 4. The molecule has 16 nitrogen and oxygen atoms in total. The fourth-order valence-corrected chi connectivity index (χ4v) is 7.63. The van der Waals surface area contributed by atoms with Crippen molar-refractivity contribution >= 4 is 23.6 Å². The highest BCUT2D eigenvalue weighted by molar-refractivity contribution is 8.00. The van der Waals surface area contributed by atoms with Gasteiger partial charge in [-0.2, -0.15) is 11.8 Å². The van der Waals surface area contributed by atoms with Crippen molar-refractivity contribution in [3.63, 3.8) is 0 Å². The van der Waals surface area contributed by atoms with E-state index in [9.17, 15) is 19.8 Å². The van der Waals surface area contributed by atoms with Crippen molar-refractivity contribution in [2.24, 2.45) is 0 Å². The van der Waals surface area contributed by atoms with Gasteiger partial charge in [0.15, 0.2) is 6.29 Å². The van der Waals surface area contributed by atoms with Gasteiger partial charge < -0.3 is 54.4 Å². The molecule has 0 spiro atoms. The molecule has 1 unspecified atom stereocenters. The van der Waals surface area contributed by atoms with E-state index in [1.807, 2.05) is 18.0 Å². The molecule has 0 aromatic carbocycles. The Morgan fingerprint density at radius 3 is 2.36 bits per heavy atom. The monoisotopic (exact) mass is 731 g/mol. The molecule has 0 bridgehead atoms. The lowest BCUT2D eigenvalue weighted by molar-refractivity contribution is -0.169. The molecule has 3 aliphatic rings. The van der Waals surface area contributed by atoms with Crippen molar-refractivity contribution in [2.75, 3.05) is 65.2 Å². The first-order chi connectivity index (χ1) is 24.4. The second-order valence-corrected chi connectivity index (χ2v) is 14.1. The summed E-state index contributed by atoms with van der Waals surface area (Å²) >= 11 is 1.91. The van der Waals surface area contributed by atoms with E-state index < -0.39 is 24.6 Å². The minimum atomic E-state index is -1.15. The molecule has 5 N–H and O–H groups in total. The molecule has 17 heteroatoms. The number of fused-ring (bicyclic) bond motifs is 1. The molecular formula is C33H57N5O11S. The molecule has 2 amide bonds. The van der Waals surface area contributed by atoms with Gasteiger partial charge in [0.25, 0.3) is 0 Å². The first-order valence-corrected chi connectivity index (χ1v) is 19.1.